The maximum atomic E-state index is 13.1. The zero-order valence-electron chi connectivity index (χ0n) is 19.7. The van der Waals surface area contributed by atoms with Crippen molar-refractivity contribution >= 4 is 38.9 Å². The Morgan fingerprint density at radius 2 is 1.51 bits per heavy atom. The van der Waals surface area contributed by atoms with Crippen molar-refractivity contribution in [3.8, 4) is 5.75 Å². The summed E-state index contributed by atoms with van der Waals surface area (Å²) in [6.07, 6.45) is 1.79. The van der Waals surface area contributed by atoms with Crippen molar-refractivity contribution in [2.24, 2.45) is 5.92 Å². The number of methoxy groups -OCH3 is 1. The summed E-state index contributed by atoms with van der Waals surface area (Å²) in [6, 6.07) is 16.3. The fraction of sp³-hybridized carbons (Fsp3) is 0.231. The number of benzene rings is 3. The number of hydrogen-bond acceptors (Lipinski definition) is 5. The summed E-state index contributed by atoms with van der Waals surface area (Å²) in [6.45, 7) is 3.51. The van der Waals surface area contributed by atoms with Gasteiger partial charge in [0, 0.05) is 28.5 Å². The van der Waals surface area contributed by atoms with Crippen LogP contribution < -0.4 is 20.1 Å². The van der Waals surface area contributed by atoms with Gasteiger partial charge in [-0.25, -0.2) is 8.42 Å². The molecule has 1 fully saturated rings. The number of carbonyl (C=O) groups excluding carboxylic acids is 2. The van der Waals surface area contributed by atoms with Crippen molar-refractivity contribution in [1.82, 2.24) is 0 Å². The second kappa shape index (κ2) is 9.79. The Morgan fingerprint density at radius 3 is 2.17 bits per heavy atom. The molecular formula is C26H27N3O5S. The summed E-state index contributed by atoms with van der Waals surface area (Å²) >= 11 is 0. The highest BCUT2D eigenvalue weighted by Gasteiger charge is 2.29. The van der Waals surface area contributed by atoms with Crippen molar-refractivity contribution in [3.63, 3.8) is 0 Å². The van der Waals surface area contributed by atoms with E-state index in [1.807, 2.05) is 13.0 Å². The quantitative estimate of drug-likeness (QED) is 0.420. The average molecular weight is 494 g/mol. The molecular weight excluding hydrogens is 466 g/mol. The Hall–Kier alpha value is -3.85. The van der Waals surface area contributed by atoms with Crippen molar-refractivity contribution in [1.29, 1.82) is 0 Å². The zero-order chi connectivity index (χ0) is 25.2. The summed E-state index contributed by atoms with van der Waals surface area (Å²) in [5.74, 6) is 0.187. The number of ether oxygens (including phenoxy) is 1. The predicted molar refractivity (Wildman–Crippen MR) is 135 cm³/mol. The molecule has 0 heterocycles. The molecule has 3 aromatic carbocycles. The average Bonchev–Trinajstić information content (AvgIpc) is 3.67. The highest BCUT2D eigenvalue weighted by atomic mass is 32.2. The van der Waals surface area contributed by atoms with E-state index in [0.717, 1.165) is 18.4 Å². The summed E-state index contributed by atoms with van der Waals surface area (Å²) < 4.78 is 33.8. The molecule has 0 unspecified atom stereocenters. The third-order valence-corrected chi connectivity index (χ3v) is 7.31. The molecule has 182 valence electrons. The van der Waals surface area contributed by atoms with E-state index >= 15 is 0 Å². The molecule has 0 spiro atoms. The number of amides is 2. The van der Waals surface area contributed by atoms with Gasteiger partial charge in [-0.1, -0.05) is 12.1 Å². The standard InChI is InChI=1S/C26H27N3O5S/c1-16-5-9-21(27-25(30)18-7-8-18)15-23(16)28-26(31)19-6-4-17(2)24(14-19)35(32,33)29-20-10-12-22(34-3)13-11-20/h4-6,9-15,18,29H,7-8H2,1-3H3,(H,27,30)(H,28,31). The summed E-state index contributed by atoms with van der Waals surface area (Å²) in [7, 11) is -2.41. The molecule has 3 N–H and O–H groups in total. The number of sulfonamides is 1. The largest absolute Gasteiger partial charge is 0.497 e. The second-order valence-corrected chi connectivity index (χ2v) is 10.2. The summed E-state index contributed by atoms with van der Waals surface area (Å²) in [4.78, 5) is 25.1. The van der Waals surface area contributed by atoms with Crippen LogP contribution in [-0.4, -0.2) is 27.3 Å². The van der Waals surface area contributed by atoms with Crippen molar-refractivity contribution < 1.29 is 22.7 Å². The fourth-order valence-electron chi connectivity index (χ4n) is 3.52. The van der Waals surface area contributed by atoms with Crippen LogP contribution in [0.1, 0.15) is 34.3 Å². The normalized spacial score (nSPS) is 13.1. The summed E-state index contributed by atoms with van der Waals surface area (Å²) in [5, 5.41) is 5.69. The van der Waals surface area contributed by atoms with Gasteiger partial charge in [-0.2, -0.15) is 0 Å². The van der Waals surface area contributed by atoms with Crippen LogP contribution in [0.4, 0.5) is 17.1 Å². The van der Waals surface area contributed by atoms with Gasteiger partial charge in [0.2, 0.25) is 5.91 Å². The van der Waals surface area contributed by atoms with Crippen LogP contribution in [0.5, 0.6) is 5.75 Å². The van der Waals surface area contributed by atoms with Gasteiger partial charge in [-0.15, -0.1) is 0 Å². The van der Waals surface area contributed by atoms with Gasteiger partial charge in [0.25, 0.3) is 15.9 Å². The lowest BCUT2D eigenvalue weighted by atomic mass is 10.1. The zero-order valence-corrected chi connectivity index (χ0v) is 20.5. The van der Waals surface area contributed by atoms with Crippen LogP contribution in [0.25, 0.3) is 0 Å². The number of carbonyl (C=O) groups is 2. The van der Waals surface area contributed by atoms with Crippen LogP contribution in [-0.2, 0) is 14.8 Å². The minimum absolute atomic E-state index is 0.00291. The smallest absolute Gasteiger partial charge is 0.262 e. The molecule has 0 saturated heterocycles. The molecule has 1 aliphatic carbocycles. The van der Waals surface area contributed by atoms with Gasteiger partial charge in [0.1, 0.15) is 5.75 Å². The Morgan fingerprint density at radius 1 is 0.857 bits per heavy atom. The number of nitrogens with one attached hydrogen (secondary N) is 3. The van der Waals surface area contributed by atoms with Crippen molar-refractivity contribution in [2.45, 2.75) is 31.6 Å². The number of anilines is 3. The van der Waals surface area contributed by atoms with E-state index in [0.29, 0.717) is 28.4 Å². The molecule has 3 aromatic rings. The topological polar surface area (TPSA) is 114 Å². The molecule has 1 aliphatic rings. The Kier molecular flexibility index (Phi) is 6.79. The molecule has 4 rings (SSSR count). The van der Waals surface area contributed by atoms with Crippen LogP contribution in [0, 0.1) is 19.8 Å². The van der Waals surface area contributed by atoms with E-state index in [9.17, 15) is 18.0 Å². The number of aryl methyl sites for hydroxylation is 2. The van der Waals surface area contributed by atoms with E-state index in [4.69, 9.17) is 4.74 Å². The molecule has 0 atom stereocenters. The molecule has 9 heteroatoms. The number of rotatable bonds is 8. The minimum atomic E-state index is -3.94. The van der Waals surface area contributed by atoms with E-state index in [-0.39, 0.29) is 22.3 Å². The third-order valence-electron chi connectivity index (χ3n) is 5.78. The van der Waals surface area contributed by atoms with Crippen LogP contribution in [0.15, 0.2) is 65.6 Å². The first kappa shape index (κ1) is 24.3. The maximum absolute atomic E-state index is 13.1. The first-order chi connectivity index (χ1) is 16.7. The van der Waals surface area contributed by atoms with E-state index in [1.165, 1.54) is 13.2 Å². The first-order valence-electron chi connectivity index (χ1n) is 11.2. The van der Waals surface area contributed by atoms with Crippen molar-refractivity contribution in [3.05, 3.63) is 77.4 Å². The van der Waals surface area contributed by atoms with Gasteiger partial charge < -0.3 is 15.4 Å². The lowest BCUT2D eigenvalue weighted by Gasteiger charge is -2.14. The molecule has 0 aromatic heterocycles. The van der Waals surface area contributed by atoms with Crippen LogP contribution >= 0.6 is 0 Å². The Labute approximate surface area is 204 Å². The second-order valence-electron chi connectivity index (χ2n) is 8.56. The van der Waals surface area contributed by atoms with Crippen molar-refractivity contribution in [2.75, 3.05) is 22.5 Å². The lowest BCUT2D eigenvalue weighted by molar-refractivity contribution is -0.117. The van der Waals surface area contributed by atoms with Gasteiger partial charge in [-0.3, -0.25) is 14.3 Å². The molecule has 2 amide bonds. The fourth-order valence-corrected chi connectivity index (χ4v) is 4.85. The Balaban J connectivity index is 1.53. The van der Waals surface area contributed by atoms with Crippen LogP contribution in [0.2, 0.25) is 0 Å². The van der Waals surface area contributed by atoms with Gasteiger partial charge in [-0.05, 0) is 86.3 Å². The maximum Gasteiger partial charge on any atom is 0.262 e. The van der Waals surface area contributed by atoms with Gasteiger partial charge >= 0.3 is 0 Å². The van der Waals surface area contributed by atoms with Gasteiger partial charge in [0.05, 0.1) is 12.0 Å². The molecule has 0 radical (unpaired) electrons. The molecule has 0 bridgehead atoms. The highest BCUT2D eigenvalue weighted by Crippen LogP contribution is 2.31. The molecule has 1 saturated carbocycles. The summed E-state index contributed by atoms with van der Waals surface area (Å²) in [5.41, 5.74) is 3.01. The van der Waals surface area contributed by atoms with E-state index < -0.39 is 15.9 Å². The monoisotopic (exact) mass is 493 g/mol. The predicted octanol–water partition coefficient (Wildman–Crippen LogP) is 4.71. The van der Waals surface area contributed by atoms with Crippen LogP contribution in [0.3, 0.4) is 0 Å². The molecule has 8 nitrogen and oxygen atoms in total. The molecule has 35 heavy (non-hydrogen) atoms. The Bertz CT molecular complexity index is 1380. The van der Waals surface area contributed by atoms with E-state index in [2.05, 4.69) is 15.4 Å². The SMILES string of the molecule is COc1ccc(NS(=O)(=O)c2cc(C(=O)Nc3cc(NC(=O)C4CC4)ccc3C)ccc2C)cc1. The van der Waals surface area contributed by atoms with E-state index in [1.54, 1.807) is 55.5 Å². The van der Waals surface area contributed by atoms with Gasteiger partial charge in [0.15, 0.2) is 0 Å². The highest BCUT2D eigenvalue weighted by molar-refractivity contribution is 7.92. The first-order valence-corrected chi connectivity index (χ1v) is 12.6. The third kappa shape index (κ3) is 5.81. The minimum Gasteiger partial charge on any atom is -0.497 e. The number of hydrogen-bond donors (Lipinski definition) is 3. The molecule has 0 aliphatic heterocycles. The lowest BCUT2D eigenvalue weighted by Crippen LogP contribution is -2.18.